The van der Waals surface area contributed by atoms with Crippen molar-refractivity contribution in [2.24, 2.45) is 5.73 Å². The third kappa shape index (κ3) is 8.02. The van der Waals surface area contributed by atoms with E-state index in [0.717, 1.165) is 38.3 Å². The quantitative estimate of drug-likeness (QED) is 0.230. The van der Waals surface area contributed by atoms with Crippen LogP contribution >= 0.6 is 0 Å². The average molecular weight is 650 g/mol. The first kappa shape index (κ1) is 35.6. The van der Waals surface area contributed by atoms with E-state index in [9.17, 15) is 34.8 Å². The summed E-state index contributed by atoms with van der Waals surface area (Å²) in [5, 5.41) is 44.9. The molecule has 0 saturated carbocycles. The molecule has 2 atom stereocenters. The number of hydrogen-bond donors (Lipinski definition) is 5. The first-order chi connectivity index (χ1) is 22.2. The second-order valence-corrected chi connectivity index (χ2v) is 12.9. The van der Waals surface area contributed by atoms with Crippen LogP contribution in [-0.2, 0) is 27.3 Å². The number of aromatic hydroxyl groups is 1. The molecule has 0 radical (unpaired) electrons. The monoisotopic (exact) mass is 649 g/mol. The van der Waals surface area contributed by atoms with E-state index in [1.54, 1.807) is 19.0 Å². The summed E-state index contributed by atoms with van der Waals surface area (Å²) in [6.07, 6.45) is -0.0247. The van der Waals surface area contributed by atoms with E-state index >= 15 is 0 Å². The predicted molar refractivity (Wildman–Crippen MR) is 181 cm³/mol. The SMILES string of the molecule is CN1CCN(Cc2cccc(-c3cc(N(C)C)c4c(c3O)C(O)=CC(=O)[C@H](O)C(=O)/C(C(N)=O)=C(/O)[C@@H](N(C)C)CCCC4)c2)CC1. The summed E-state index contributed by atoms with van der Waals surface area (Å²) in [5.74, 6) is -5.44. The summed E-state index contributed by atoms with van der Waals surface area (Å²) in [5.41, 5.74) is 8.06. The number of phenols is 1. The number of rotatable bonds is 6. The molecule has 0 unspecified atom stereocenters. The van der Waals surface area contributed by atoms with Gasteiger partial charge in [-0.1, -0.05) is 24.6 Å². The fourth-order valence-electron chi connectivity index (χ4n) is 6.32. The highest BCUT2D eigenvalue weighted by atomic mass is 16.3. The van der Waals surface area contributed by atoms with Crippen LogP contribution in [0, 0.1) is 0 Å². The van der Waals surface area contributed by atoms with Crippen LogP contribution in [0.3, 0.4) is 0 Å². The fourth-order valence-corrected chi connectivity index (χ4v) is 6.32. The van der Waals surface area contributed by atoms with Gasteiger partial charge in [-0.15, -0.1) is 0 Å². The normalized spacial score (nSPS) is 22.5. The Balaban J connectivity index is 1.84. The minimum atomic E-state index is -2.43. The number of aliphatic hydroxyl groups is 3. The molecule has 4 rings (SSSR count). The van der Waals surface area contributed by atoms with Gasteiger partial charge in [0.1, 0.15) is 22.8 Å². The first-order valence-electron chi connectivity index (χ1n) is 15.8. The number of hydrogen-bond acceptors (Lipinski definition) is 11. The van der Waals surface area contributed by atoms with Gasteiger partial charge in [0, 0.05) is 64.1 Å². The highest BCUT2D eigenvalue weighted by Crippen LogP contribution is 2.43. The van der Waals surface area contributed by atoms with Crippen molar-refractivity contribution in [3.05, 3.63) is 64.4 Å². The molecule has 12 heteroatoms. The summed E-state index contributed by atoms with van der Waals surface area (Å²) < 4.78 is 0. The molecule has 6 N–H and O–H groups in total. The molecular weight excluding hydrogens is 602 g/mol. The van der Waals surface area contributed by atoms with E-state index in [0.29, 0.717) is 54.1 Å². The molecule has 1 heterocycles. The smallest absolute Gasteiger partial charge is 0.255 e. The minimum Gasteiger partial charge on any atom is -0.510 e. The van der Waals surface area contributed by atoms with Crippen LogP contribution in [0.25, 0.3) is 16.9 Å². The zero-order valence-corrected chi connectivity index (χ0v) is 27.9. The van der Waals surface area contributed by atoms with Crippen LogP contribution in [0.2, 0.25) is 0 Å². The number of phenolic OH excluding ortho intramolecular Hbond substituents is 1. The van der Waals surface area contributed by atoms with Gasteiger partial charge in [0.05, 0.1) is 11.6 Å². The van der Waals surface area contributed by atoms with Crippen LogP contribution in [-0.4, -0.2) is 126 Å². The number of Topliss-reactive ketones (excluding diaryl/α,β-unsaturated/α-hetero) is 1. The number of aliphatic hydroxyl groups excluding tert-OH is 3. The Hall–Kier alpha value is -4.23. The predicted octanol–water partition coefficient (Wildman–Crippen LogP) is 2.22. The van der Waals surface area contributed by atoms with Gasteiger partial charge in [-0.3, -0.25) is 24.2 Å². The van der Waals surface area contributed by atoms with Crippen molar-refractivity contribution < 1.29 is 34.8 Å². The second-order valence-electron chi connectivity index (χ2n) is 12.9. The van der Waals surface area contributed by atoms with Crippen molar-refractivity contribution in [3.63, 3.8) is 0 Å². The number of primary amides is 1. The lowest BCUT2D eigenvalue weighted by Gasteiger charge is -2.32. The number of carbonyl (C=O) groups is 3. The highest BCUT2D eigenvalue weighted by molar-refractivity contribution is 6.27. The second kappa shape index (κ2) is 15.1. The number of nitrogens with two attached hydrogens (primary N) is 1. The van der Waals surface area contributed by atoms with Crippen molar-refractivity contribution in [2.75, 3.05) is 66.3 Å². The lowest BCUT2D eigenvalue weighted by atomic mass is 9.89. The van der Waals surface area contributed by atoms with Gasteiger partial charge in [0.25, 0.3) is 5.91 Å². The van der Waals surface area contributed by atoms with Gasteiger partial charge in [-0.2, -0.15) is 0 Å². The third-order valence-corrected chi connectivity index (χ3v) is 9.00. The van der Waals surface area contributed by atoms with E-state index in [4.69, 9.17) is 5.73 Å². The molecule has 0 spiro atoms. The Kier molecular flexibility index (Phi) is 11.5. The van der Waals surface area contributed by atoms with Crippen LogP contribution < -0.4 is 10.6 Å². The summed E-state index contributed by atoms with van der Waals surface area (Å²) >= 11 is 0. The van der Waals surface area contributed by atoms with Crippen LogP contribution in [0.5, 0.6) is 5.75 Å². The number of nitrogens with zero attached hydrogens (tertiary/aromatic N) is 4. The van der Waals surface area contributed by atoms with Gasteiger partial charge < -0.3 is 36.0 Å². The fraction of sp³-hybridized carbons (Fsp3) is 0.457. The van der Waals surface area contributed by atoms with E-state index in [-0.39, 0.29) is 11.3 Å². The van der Waals surface area contributed by atoms with E-state index in [1.165, 1.54) is 0 Å². The molecule has 1 saturated heterocycles. The molecule has 12 nitrogen and oxygen atoms in total. The number of fused-ring (bicyclic) bond motifs is 1. The number of amides is 1. The summed E-state index contributed by atoms with van der Waals surface area (Å²) in [4.78, 5) is 46.7. The lowest BCUT2D eigenvalue weighted by molar-refractivity contribution is -0.134. The van der Waals surface area contributed by atoms with Gasteiger partial charge in [0.15, 0.2) is 11.9 Å². The van der Waals surface area contributed by atoms with Crippen LogP contribution in [0.15, 0.2) is 47.7 Å². The maximum atomic E-state index is 13.2. The topological polar surface area (TPSA) is 171 Å². The maximum Gasteiger partial charge on any atom is 0.255 e. The lowest BCUT2D eigenvalue weighted by Crippen LogP contribution is -2.43. The molecule has 1 aliphatic carbocycles. The summed E-state index contributed by atoms with van der Waals surface area (Å²) in [7, 11) is 9.12. The first-order valence-corrected chi connectivity index (χ1v) is 15.8. The molecular formula is C35H47N5O7. The molecule has 2 aromatic rings. The van der Waals surface area contributed by atoms with Gasteiger partial charge in [-0.25, -0.2) is 0 Å². The largest absolute Gasteiger partial charge is 0.510 e. The molecule has 0 aromatic heterocycles. The highest BCUT2D eigenvalue weighted by Gasteiger charge is 2.35. The average Bonchev–Trinajstić information content (AvgIpc) is 3.00. The standard InChI is InChI=1S/C35H47N5O7/c1-37(2)25-12-7-6-11-23-26(38(3)4)18-24(22-10-8-9-21(17-22)20-40-15-13-39(5)14-16-40)31(43)29(23)27(41)19-28(42)33(45)34(46)30(32(25)44)35(36)47/h8-10,17-19,25,33,41,43-45H,6-7,11-16,20H2,1-5H3,(H2,36,47)/b27-19?,32-30-/t25-,33-/m0/s1. The Morgan fingerprint density at radius 3 is 2.30 bits per heavy atom. The van der Waals surface area contributed by atoms with Crippen molar-refractivity contribution in [3.8, 4) is 16.9 Å². The van der Waals surface area contributed by atoms with E-state index < -0.39 is 46.7 Å². The number of likely N-dealkylation sites (N-methyl/N-ethyl adjacent to an activating group) is 2. The Morgan fingerprint density at radius 1 is 1.00 bits per heavy atom. The number of ketones is 2. The van der Waals surface area contributed by atoms with Gasteiger partial charge in [-0.05, 0) is 69.2 Å². The molecule has 1 amide bonds. The van der Waals surface area contributed by atoms with Gasteiger partial charge >= 0.3 is 0 Å². The molecule has 1 aliphatic heterocycles. The number of benzene rings is 2. The van der Waals surface area contributed by atoms with Crippen molar-refractivity contribution in [1.82, 2.24) is 14.7 Å². The van der Waals surface area contributed by atoms with Crippen LogP contribution in [0.4, 0.5) is 5.69 Å². The molecule has 2 aromatic carbocycles. The van der Waals surface area contributed by atoms with Crippen molar-refractivity contribution in [2.45, 2.75) is 44.4 Å². The summed E-state index contributed by atoms with van der Waals surface area (Å²) in [6.45, 7) is 4.60. The zero-order valence-electron chi connectivity index (χ0n) is 27.9. The molecule has 2 aliphatic rings. The van der Waals surface area contributed by atoms with Gasteiger partial charge in [0.2, 0.25) is 5.78 Å². The molecule has 254 valence electrons. The van der Waals surface area contributed by atoms with E-state index in [1.807, 2.05) is 49.3 Å². The Morgan fingerprint density at radius 2 is 1.68 bits per heavy atom. The van der Waals surface area contributed by atoms with E-state index in [2.05, 4.69) is 16.8 Å². The van der Waals surface area contributed by atoms with Crippen LogP contribution in [0.1, 0.15) is 36.0 Å². The summed E-state index contributed by atoms with van der Waals surface area (Å²) in [6, 6.07) is 8.89. The minimum absolute atomic E-state index is 0.0124. The zero-order chi connectivity index (χ0) is 34.6. The molecule has 1 fully saturated rings. The van der Waals surface area contributed by atoms with Crippen molar-refractivity contribution >= 4 is 28.9 Å². The number of piperazine rings is 1. The Bertz CT molecular complexity index is 1570. The number of anilines is 1. The van der Waals surface area contributed by atoms with Crippen molar-refractivity contribution in [1.29, 1.82) is 0 Å². The Labute approximate surface area is 276 Å². The molecule has 47 heavy (non-hydrogen) atoms. The number of carbonyl (C=O) groups excluding carboxylic acids is 3. The third-order valence-electron chi connectivity index (χ3n) is 9.00. The maximum absolute atomic E-state index is 13.2. The molecule has 0 bridgehead atoms.